The van der Waals surface area contributed by atoms with E-state index >= 15 is 0 Å². The number of ether oxygens (including phenoxy) is 1. The van der Waals surface area contributed by atoms with Crippen LogP contribution in [0, 0.1) is 0 Å². The van der Waals surface area contributed by atoms with Gasteiger partial charge in [-0.05, 0) is 59.7 Å². The van der Waals surface area contributed by atoms with Crippen LogP contribution in [0.5, 0.6) is 5.75 Å². The first-order valence-electron chi connectivity index (χ1n) is 8.48. The minimum absolute atomic E-state index is 0.00750. The van der Waals surface area contributed by atoms with Crippen LogP contribution < -0.4 is 4.74 Å². The summed E-state index contributed by atoms with van der Waals surface area (Å²) in [6.45, 7) is 0.745. The van der Waals surface area contributed by atoms with Crippen molar-refractivity contribution >= 4 is 5.91 Å². The van der Waals surface area contributed by atoms with Gasteiger partial charge in [0.1, 0.15) is 12.1 Å². The summed E-state index contributed by atoms with van der Waals surface area (Å²) in [4.78, 5) is 18.9. The van der Waals surface area contributed by atoms with Crippen LogP contribution in [0.1, 0.15) is 24.6 Å². The van der Waals surface area contributed by atoms with Crippen molar-refractivity contribution in [1.29, 1.82) is 0 Å². The number of carbonyl (C=O) groups excluding carboxylic acids is 1. The molecule has 1 atom stereocenters. The van der Waals surface area contributed by atoms with Crippen LogP contribution in [0.4, 0.5) is 0 Å². The molecule has 8 nitrogen and oxygen atoms in total. The maximum Gasteiger partial charge on any atom is 0.261 e. The van der Waals surface area contributed by atoms with E-state index in [4.69, 9.17) is 4.74 Å². The summed E-state index contributed by atoms with van der Waals surface area (Å²) in [6.07, 6.45) is 5.19. The predicted octanol–water partition coefficient (Wildman–Crippen LogP) is 1.80. The molecule has 4 rings (SSSR count). The number of tetrazole rings is 1. The monoisotopic (exact) mass is 350 g/mol. The maximum absolute atomic E-state index is 12.6. The Hall–Kier alpha value is -3.29. The molecule has 3 heterocycles. The highest BCUT2D eigenvalue weighted by atomic mass is 16.5. The van der Waals surface area contributed by atoms with Gasteiger partial charge >= 0.3 is 0 Å². The number of likely N-dealkylation sites (tertiary alicyclic amines) is 1. The van der Waals surface area contributed by atoms with Crippen molar-refractivity contribution in [3.8, 4) is 11.4 Å². The Morgan fingerprint density at radius 3 is 2.81 bits per heavy atom. The molecule has 1 saturated heterocycles. The van der Waals surface area contributed by atoms with E-state index < -0.39 is 0 Å². The lowest BCUT2D eigenvalue weighted by Crippen LogP contribution is -2.34. The summed E-state index contributed by atoms with van der Waals surface area (Å²) >= 11 is 0. The highest BCUT2D eigenvalue weighted by molar-refractivity contribution is 5.78. The van der Waals surface area contributed by atoms with Crippen molar-refractivity contribution in [1.82, 2.24) is 30.1 Å². The van der Waals surface area contributed by atoms with Gasteiger partial charge in [-0.25, -0.2) is 4.68 Å². The van der Waals surface area contributed by atoms with Gasteiger partial charge in [0.05, 0.1) is 17.4 Å². The number of pyridine rings is 1. The van der Waals surface area contributed by atoms with E-state index in [-0.39, 0.29) is 18.6 Å². The molecule has 8 heteroatoms. The molecule has 1 aliphatic heterocycles. The topological polar surface area (TPSA) is 86.0 Å². The van der Waals surface area contributed by atoms with Gasteiger partial charge in [0.2, 0.25) is 0 Å². The number of carbonyl (C=O) groups is 1. The van der Waals surface area contributed by atoms with E-state index in [1.807, 2.05) is 35.2 Å². The van der Waals surface area contributed by atoms with E-state index in [2.05, 4.69) is 20.5 Å². The number of aromatic nitrogens is 5. The lowest BCUT2D eigenvalue weighted by molar-refractivity contribution is -0.134. The van der Waals surface area contributed by atoms with E-state index in [1.54, 1.807) is 23.0 Å². The fraction of sp³-hybridized carbons (Fsp3) is 0.278. The minimum Gasteiger partial charge on any atom is -0.484 e. The van der Waals surface area contributed by atoms with E-state index in [1.165, 1.54) is 6.33 Å². The summed E-state index contributed by atoms with van der Waals surface area (Å²) in [5.74, 6) is 0.603. The van der Waals surface area contributed by atoms with E-state index in [0.717, 1.165) is 30.8 Å². The first-order chi connectivity index (χ1) is 12.8. The highest BCUT2D eigenvalue weighted by Gasteiger charge is 2.30. The Bertz CT molecular complexity index is 851. The molecule has 132 valence electrons. The van der Waals surface area contributed by atoms with Crippen LogP contribution in [0.2, 0.25) is 0 Å². The van der Waals surface area contributed by atoms with Gasteiger partial charge in [-0.1, -0.05) is 6.07 Å². The first kappa shape index (κ1) is 16.2. The van der Waals surface area contributed by atoms with Crippen molar-refractivity contribution in [2.24, 2.45) is 0 Å². The Labute approximate surface area is 150 Å². The predicted molar refractivity (Wildman–Crippen MR) is 92.6 cm³/mol. The molecule has 26 heavy (non-hydrogen) atoms. The van der Waals surface area contributed by atoms with Gasteiger partial charge in [0.15, 0.2) is 6.61 Å². The standard InChI is InChI=1S/C18H18N6O2/c25-18(23-11-3-5-17(23)16-4-1-2-10-19-16)12-26-15-8-6-14(7-9-15)24-13-20-21-22-24/h1-2,4,6-10,13,17H,3,5,11-12H2/t17-/m0/s1. The SMILES string of the molecule is O=C(COc1ccc(-n2cnnn2)cc1)N1CCC[C@H]1c1ccccn1. The molecule has 0 aliphatic carbocycles. The van der Waals surface area contributed by atoms with Crippen molar-refractivity contribution in [3.05, 3.63) is 60.7 Å². The molecule has 1 aromatic carbocycles. The number of hydrogen-bond donors (Lipinski definition) is 0. The van der Waals surface area contributed by atoms with Crippen molar-refractivity contribution < 1.29 is 9.53 Å². The molecule has 0 spiro atoms. The van der Waals surface area contributed by atoms with Crippen LogP contribution in [0.3, 0.4) is 0 Å². The van der Waals surface area contributed by atoms with Gasteiger partial charge in [0.25, 0.3) is 5.91 Å². The lowest BCUT2D eigenvalue weighted by Gasteiger charge is -2.24. The lowest BCUT2D eigenvalue weighted by atomic mass is 10.1. The van der Waals surface area contributed by atoms with Gasteiger partial charge in [0, 0.05) is 12.7 Å². The Kier molecular flexibility index (Phi) is 4.55. The molecule has 0 N–H and O–H groups in total. The molecule has 0 saturated carbocycles. The summed E-state index contributed by atoms with van der Waals surface area (Å²) in [7, 11) is 0. The van der Waals surface area contributed by atoms with Gasteiger partial charge in [-0.15, -0.1) is 5.10 Å². The zero-order chi connectivity index (χ0) is 17.8. The van der Waals surface area contributed by atoms with Crippen molar-refractivity contribution in [3.63, 3.8) is 0 Å². The van der Waals surface area contributed by atoms with Gasteiger partial charge in [-0.2, -0.15) is 0 Å². The quantitative estimate of drug-likeness (QED) is 0.697. The van der Waals surface area contributed by atoms with Crippen LogP contribution in [0.15, 0.2) is 55.0 Å². The third-order valence-electron chi connectivity index (χ3n) is 4.41. The summed E-state index contributed by atoms with van der Waals surface area (Å²) in [6, 6.07) is 13.1. The highest BCUT2D eigenvalue weighted by Crippen LogP contribution is 2.30. The fourth-order valence-corrected chi connectivity index (χ4v) is 3.15. The molecule has 3 aromatic rings. The molecule has 1 amide bonds. The Balaban J connectivity index is 1.37. The normalized spacial score (nSPS) is 16.6. The number of rotatable bonds is 5. The Morgan fingerprint density at radius 2 is 2.08 bits per heavy atom. The van der Waals surface area contributed by atoms with Crippen LogP contribution >= 0.6 is 0 Å². The summed E-state index contributed by atoms with van der Waals surface area (Å²) in [5, 5.41) is 11.0. The molecule has 1 aliphatic rings. The molecular formula is C18H18N6O2. The van der Waals surface area contributed by atoms with Gasteiger partial charge in [-0.3, -0.25) is 9.78 Å². The number of benzene rings is 1. The average molecular weight is 350 g/mol. The molecular weight excluding hydrogens is 332 g/mol. The zero-order valence-electron chi connectivity index (χ0n) is 14.1. The van der Waals surface area contributed by atoms with E-state index in [0.29, 0.717) is 5.75 Å². The number of nitrogens with zero attached hydrogens (tertiary/aromatic N) is 6. The van der Waals surface area contributed by atoms with E-state index in [9.17, 15) is 4.79 Å². The van der Waals surface area contributed by atoms with Crippen LogP contribution in [0.25, 0.3) is 5.69 Å². The second kappa shape index (κ2) is 7.30. The first-order valence-corrected chi connectivity index (χ1v) is 8.48. The largest absolute Gasteiger partial charge is 0.484 e. The fourth-order valence-electron chi connectivity index (χ4n) is 3.15. The molecule has 0 unspecified atom stereocenters. The van der Waals surface area contributed by atoms with Crippen LogP contribution in [-0.2, 0) is 4.79 Å². The second-order valence-corrected chi connectivity index (χ2v) is 6.04. The number of hydrogen-bond acceptors (Lipinski definition) is 6. The smallest absolute Gasteiger partial charge is 0.261 e. The third kappa shape index (κ3) is 3.39. The van der Waals surface area contributed by atoms with Gasteiger partial charge < -0.3 is 9.64 Å². The number of amides is 1. The van der Waals surface area contributed by atoms with Crippen LogP contribution in [-0.4, -0.2) is 49.1 Å². The molecule has 0 bridgehead atoms. The Morgan fingerprint density at radius 1 is 1.19 bits per heavy atom. The zero-order valence-corrected chi connectivity index (χ0v) is 14.1. The summed E-state index contributed by atoms with van der Waals surface area (Å²) < 4.78 is 7.22. The maximum atomic E-state index is 12.6. The molecule has 2 aromatic heterocycles. The average Bonchev–Trinajstić information content (AvgIpc) is 3.39. The van der Waals surface area contributed by atoms with Crippen molar-refractivity contribution in [2.45, 2.75) is 18.9 Å². The summed E-state index contributed by atoms with van der Waals surface area (Å²) in [5.41, 5.74) is 1.76. The third-order valence-corrected chi connectivity index (χ3v) is 4.41. The second-order valence-electron chi connectivity index (χ2n) is 6.04. The molecule has 1 fully saturated rings. The minimum atomic E-state index is -0.0253. The molecule has 0 radical (unpaired) electrons. The van der Waals surface area contributed by atoms with Crippen molar-refractivity contribution in [2.75, 3.05) is 13.2 Å².